The predicted octanol–water partition coefficient (Wildman–Crippen LogP) is 2.75. The molecular weight excluding hydrogens is 297 g/mol. The highest BCUT2D eigenvalue weighted by molar-refractivity contribution is 6.34. The van der Waals surface area contributed by atoms with Crippen LogP contribution in [-0.4, -0.2) is 41.0 Å². The molecule has 2 saturated heterocycles. The second-order valence-corrected chi connectivity index (χ2v) is 6.23. The molecule has 1 aromatic rings. The highest BCUT2D eigenvalue weighted by atomic mass is 35.5. The Morgan fingerprint density at radius 3 is 2.95 bits per heavy atom. The van der Waals surface area contributed by atoms with Gasteiger partial charge in [0.05, 0.1) is 5.02 Å². The van der Waals surface area contributed by atoms with Gasteiger partial charge >= 0.3 is 0 Å². The topological polar surface area (TPSA) is 45.2 Å². The molecule has 0 radical (unpaired) electrons. The molecule has 4 nitrogen and oxygen atoms in total. The van der Waals surface area contributed by atoms with E-state index in [1.807, 2.05) is 0 Å². The molecule has 2 aliphatic heterocycles. The summed E-state index contributed by atoms with van der Waals surface area (Å²) in [6.45, 7) is 2.21. The zero-order chi connectivity index (χ0) is 14.1. The van der Waals surface area contributed by atoms with Gasteiger partial charge in [0.1, 0.15) is 10.8 Å². The number of pyridine rings is 1. The van der Waals surface area contributed by atoms with Gasteiger partial charge in [-0.25, -0.2) is 4.98 Å². The zero-order valence-electron chi connectivity index (χ0n) is 11.1. The van der Waals surface area contributed by atoms with Gasteiger partial charge < -0.3 is 5.32 Å². The maximum absolute atomic E-state index is 12.3. The first-order valence-corrected chi connectivity index (χ1v) is 7.78. The number of carbonyl (C=O) groups is 1. The lowest BCUT2D eigenvalue weighted by Crippen LogP contribution is -2.47. The number of amides is 1. The van der Waals surface area contributed by atoms with Gasteiger partial charge in [0.15, 0.2) is 0 Å². The molecule has 3 rings (SSSR count). The van der Waals surface area contributed by atoms with E-state index in [9.17, 15) is 4.79 Å². The molecule has 2 atom stereocenters. The van der Waals surface area contributed by atoms with E-state index in [1.165, 1.54) is 12.8 Å². The van der Waals surface area contributed by atoms with Crippen molar-refractivity contribution in [3.63, 3.8) is 0 Å². The van der Waals surface area contributed by atoms with Crippen molar-refractivity contribution in [3.05, 3.63) is 28.0 Å². The SMILES string of the molecule is O=C(NC1CCN2CCCCC12)c1nc(Cl)ccc1Cl. The molecule has 1 aromatic heterocycles. The van der Waals surface area contributed by atoms with Crippen LogP contribution in [0.1, 0.15) is 36.2 Å². The van der Waals surface area contributed by atoms with Gasteiger partial charge in [0.2, 0.25) is 0 Å². The first-order valence-electron chi connectivity index (χ1n) is 7.02. The van der Waals surface area contributed by atoms with Gasteiger partial charge in [-0.15, -0.1) is 0 Å². The third-order valence-corrected chi connectivity index (χ3v) is 4.72. The number of rotatable bonds is 2. The highest BCUT2D eigenvalue weighted by Gasteiger charge is 2.36. The number of carbonyl (C=O) groups excluding carboxylic acids is 1. The van der Waals surface area contributed by atoms with Crippen LogP contribution in [0.5, 0.6) is 0 Å². The third-order valence-electron chi connectivity index (χ3n) is 4.20. The van der Waals surface area contributed by atoms with Crippen molar-refractivity contribution in [2.45, 2.75) is 37.8 Å². The van der Waals surface area contributed by atoms with Crippen molar-refractivity contribution in [1.29, 1.82) is 0 Å². The van der Waals surface area contributed by atoms with Crippen molar-refractivity contribution in [2.75, 3.05) is 13.1 Å². The monoisotopic (exact) mass is 313 g/mol. The number of piperidine rings is 1. The number of hydrogen-bond acceptors (Lipinski definition) is 3. The van der Waals surface area contributed by atoms with E-state index in [-0.39, 0.29) is 22.8 Å². The minimum absolute atomic E-state index is 0.194. The summed E-state index contributed by atoms with van der Waals surface area (Å²) in [5.74, 6) is -0.227. The second kappa shape index (κ2) is 5.88. The summed E-state index contributed by atoms with van der Waals surface area (Å²) in [6, 6.07) is 3.84. The summed E-state index contributed by atoms with van der Waals surface area (Å²) in [7, 11) is 0. The average molecular weight is 314 g/mol. The Balaban J connectivity index is 1.71. The molecule has 0 saturated carbocycles. The molecule has 2 unspecified atom stereocenters. The van der Waals surface area contributed by atoms with E-state index < -0.39 is 0 Å². The highest BCUT2D eigenvalue weighted by Crippen LogP contribution is 2.27. The van der Waals surface area contributed by atoms with Crippen LogP contribution in [-0.2, 0) is 0 Å². The Hall–Kier alpha value is -0.840. The lowest BCUT2D eigenvalue weighted by Gasteiger charge is -2.32. The third kappa shape index (κ3) is 2.78. The van der Waals surface area contributed by atoms with Crippen LogP contribution in [0.15, 0.2) is 12.1 Å². The molecule has 0 aromatic carbocycles. The summed E-state index contributed by atoms with van der Waals surface area (Å²) in [5, 5.41) is 3.70. The molecule has 6 heteroatoms. The number of aromatic nitrogens is 1. The van der Waals surface area contributed by atoms with Crippen LogP contribution in [0.25, 0.3) is 0 Å². The Bertz CT molecular complexity index is 523. The Morgan fingerprint density at radius 1 is 1.25 bits per heavy atom. The summed E-state index contributed by atoms with van der Waals surface area (Å²) < 4.78 is 0. The Morgan fingerprint density at radius 2 is 2.10 bits per heavy atom. The molecule has 108 valence electrons. The van der Waals surface area contributed by atoms with Gasteiger partial charge in [-0.3, -0.25) is 9.69 Å². The van der Waals surface area contributed by atoms with Crippen molar-refractivity contribution in [2.24, 2.45) is 0 Å². The minimum atomic E-state index is -0.227. The molecule has 0 aliphatic carbocycles. The van der Waals surface area contributed by atoms with Crippen molar-refractivity contribution in [3.8, 4) is 0 Å². The fourth-order valence-electron chi connectivity index (χ4n) is 3.23. The van der Waals surface area contributed by atoms with Crippen LogP contribution >= 0.6 is 23.2 Å². The molecular formula is C14H17Cl2N3O. The van der Waals surface area contributed by atoms with E-state index in [0.717, 1.165) is 25.9 Å². The van der Waals surface area contributed by atoms with Crippen LogP contribution in [0.3, 0.4) is 0 Å². The normalized spacial score (nSPS) is 26.3. The summed E-state index contributed by atoms with van der Waals surface area (Å²) in [5.41, 5.74) is 0.216. The van der Waals surface area contributed by atoms with Gasteiger partial charge in [-0.05, 0) is 37.9 Å². The van der Waals surface area contributed by atoms with Crippen LogP contribution < -0.4 is 5.32 Å². The first kappa shape index (κ1) is 14.1. The van der Waals surface area contributed by atoms with E-state index in [1.54, 1.807) is 12.1 Å². The number of hydrogen-bond donors (Lipinski definition) is 1. The quantitative estimate of drug-likeness (QED) is 0.854. The van der Waals surface area contributed by atoms with E-state index in [0.29, 0.717) is 11.1 Å². The molecule has 0 bridgehead atoms. The Labute approximate surface area is 128 Å². The lowest BCUT2D eigenvalue weighted by atomic mass is 9.99. The van der Waals surface area contributed by atoms with E-state index >= 15 is 0 Å². The molecule has 1 amide bonds. The fourth-order valence-corrected chi connectivity index (χ4v) is 3.57. The maximum atomic E-state index is 12.3. The van der Waals surface area contributed by atoms with Crippen molar-refractivity contribution >= 4 is 29.1 Å². The molecule has 3 heterocycles. The number of nitrogens with zero attached hydrogens (tertiary/aromatic N) is 2. The van der Waals surface area contributed by atoms with Gasteiger partial charge in [0.25, 0.3) is 5.91 Å². The number of fused-ring (bicyclic) bond motifs is 1. The smallest absolute Gasteiger partial charge is 0.271 e. The summed E-state index contributed by atoms with van der Waals surface area (Å²) in [4.78, 5) is 18.8. The Kier molecular flexibility index (Phi) is 4.15. The van der Waals surface area contributed by atoms with Crippen LogP contribution in [0.4, 0.5) is 0 Å². The van der Waals surface area contributed by atoms with Gasteiger partial charge in [0, 0.05) is 18.6 Å². The average Bonchev–Trinajstić information content (AvgIpc) is 2.85. The van der Waals surface area contributed by atoms with Crippen molar-refractivity contribution < 1.29 is 4.79 Å². The second-order valence-electron chi connectivity index (χ2n) is 5.43. The molecule has 2 fully saturated rings. The van der Waals surface area contributed by atoms with E-state index in [2.05, 4.69) is 15.2 Å². The molecule has 2 aliphatic rings. The minimum Gasteiger partial charge on any atom is -0.346 e. The first-order chi connectivity index (χ1) is 9.65. The zero-order valence-corrected chi connectivity index (χ0v) is 12.6. The standard InChI is InChI=1S/C14H17Cl2N3O/c15-9-4-5-12(16)18-13(9)14(20)17-10-6-8-19-7-2-1-3-11(10)19/h4-5,10-11H,1-3,6-8H2,(H,17,20). The predicted molar refractivity (Wildman–Crippen MR) is 79.3 cm³/mol. The van der Waals surface area contributed by atoms with E-state index in [4.69, 9.17) is 23.2 Å². The summed E-state index contributed by atoms with van der Waals surface area (Å²) in [6.07, 6.45) is 4.65. The number of halogens is 2. The fraction of sp³-hybridized carbons (Fsp3) is 0.571. The molecule has 20 heavy (non-hydrogen) atoms. The summed E-state index contributed by atoms with van der Waals surface area (Å²) >= 11 is 11.9. The molecule has 1 N–H and O–H groups in total. The lowest BCUT2D eigenvalue weighted by molar-refractivity contribution is 0.0910. The van der Waals surface area contributed by atoms with Crippen LogP contribution in [0, 0.1) is 0 Å². The largest absolute Gasteiger partial charge is 0.346 e. The van der Waals surface area contributed by atoms with Crippen LogP contribution in [0.2, 0.25) is 10.2 Å². The number of nitrogens with one attached hydrogen (secondary N) is 1. The van der Waals surface area contributed by atoms with Gasteiger partial charge in [-0.2, -0.15) is 0 Å². The van der Waals surface area contributed by atoms with Gasteiger partial charge in [-0.1, -0.05) is 29.6 Å². The van der Waals surface area contributed by atoms with Crippen molar-refractivity contribution in [1.82, 2.24) is 15.2 Å². The maximum Gasteiger partial charge on any atom is 0.271 e. The molecule has 0 spiro atoms.